The number of likely N-dealkylation sites (N-methyl/N-ethyl adjacent to an activating group) is 1. The number of carbonyl (C=O) groups is 1. The number of methoxy groups -OCH3 is 1. The van der Waals surface area contributed by atoms with Gasteiger partial charge in [0.15, 0.2) is 0 Å². The highest BCUT2D eigenvalue weighted by Crippen LogP contribution is 2.27. The number of nitrogens with zero attached hydrogens (tertiary/aromatic N) is 2. The Morgan fingerprint density at radius 2 is 2.12 bits per heavy atom. The zero-order valence-corrected chi connectivity index (χ0v) is 16.9. The van der Waals surface area contributed by atoms with Crippen LogP contribution in [0.5, 0.6) is 5.75 Å². The second-order valence-electron chi connectivity index (χ2n) is 6.57. The molecule has 1 aliphatic rings. The Kier molecular flexibility index (Phi) is 7.28. The van der Waals surface area contributed by atoms with Crippen molar-refractivity contribution in [3.8, 4) is 5.75 Å². The lowest BCUT2D eigenvalue weighted by Gasteiger charge is -2.26. The molecule has 0 spiro atoms. The zero-order chi connectivity index (χ0) is 19.3. The molecule has 1 fully saturated rings. The van der Waals surface area contributed by atoms with Gasteiger partial charge in [0.1, 0.15) is 5.75 Å². The summed E-state index contributed by atoms with van der Waals surface area (Å²) in [6, 6.07) is 4.42. The average molecular weight is 404 g/mol. The highest BCUT2D eigenvalue weighted by Gasteiger charge is 2.30. The predicted molar refractivity (Wildman–Crippen MR) is 101 cm³/mol. The molecule has 7 nitrogen and oxygen atoms in total. The van der Waals surface area contributed by atoms with Crippen molar-refractivity contribution in [3.05, 3.63) is 23.2 Å². The highest BCUT2D eigenvalue weighted by atomic mass is 35.5. The summed E-state index contributed by atoms with van der Waals surface area (Å²) >= 11 is 6.00. The van der Waals surface area contributed by atoms with Crippen LogP contribution in [0.15, 0.2) is 23.1 Å². The Morgan fingerprint density at radius 1 is 1.38 bits per heavy atom. The minimum Gasteiger partial charge on any atom is -0.495 e. The summed E-state index contributed by atoms with van der Waals surface area (Å²) in [6.07, 6.45) is 1.88. The van der Waals surface area contributed by atoms with Crippen LogP contribution in [0, 0.1) is 0 Å². The maximum atomic E-state index is 12.4. The molecule has 0 saturated carbocycles. The van der Waals surface area contributed by atoms with E-state index in [-0.39, 0.29) is 28.4 Å². The van der Waals surface area contributed by atoms with Crippen LogP contribution in [0.4, 0.5) is 0 Å². The number of halogens is 1. The Hall–Kier alpha value is -1.35. The summed E-state index contributed by atoms with van der Waals surface area (Å²) in [5, 5.41) is 0.242. The van der Waals surface area contributed by atoms with Gasteiger partial charge in [-0.25, -0.2) is 13.1 Å². The van der Waals surface area contributed by atoms with Crippen LogP contribution in [0.25, 0.3) is 0 Å². The monoisotopic (exact) mass is 403 g/mol. The Balaban J connectivity index is 1.93. The van der Waals surface area contributed by atoms with E-state index in [1.165, 1.54) is 25.3 Å². The summed E-state index contributed by atoms with van der Waals surface area (Å²) < 4.78 is 32.5. The van der Waals surface area contributed by atoms with Crippen LogP contribution in [0.2, 0.25) is 5.02 Å². The summed E-state index contributed by atoms with van der Waals surface area (Å²) in [5.74, 6) is 0.563. The smallest absolute Gasteiger partial charge is 0.240 e. The molecule has 1 aliphatic heterocycles. The quantitative estimate of drug-likeness (QED) is 0.677. The van der Waals surface area contributed by atoms with E-state index in [0.29, 0.717) is 25.1 Å². The van der Waals surface area contributed by atoms with Crippen LogP contribution in [-0.2, 0) is 14.8 Å². The van der Waals surface area contributed by atoms with E-state index in [9.17, 15) is 13.2 Å². The first kappa shape index (κ1) is 21.0. The molecule has 1 heterocycles. The van der Waals surface area contributed by atoms with E-state index in [4.69, 9.17) is 16.3 Å². The van der Waals surface area contributed by atoms with Crippen LogP contribution in [0.1, 0.15) is 19.3 Å². The van der Waals surface area contributed by atoms with Crippen LogP contribution < -0.4 is 9.46 Å². The lowest BCUT2D eigenvalue weighted by Crippen LogP contribution is -2.40. The van der Waals surface area contributed by atoms with Gasteiger partial charge in [0, 0.05) is 32.1 Å². The molecule has 2 rings (SSSR count). The number of nitrogens with one attached hydrogen (secondary N) is 1. The standard InChI is InChI=1S/C17H26ClN3O4S/c1-20(2)10-11-21-13(4-7-17(21)22)8-9-19-26(23,24)14-5-6-16(25-3)15(18)12-14/h5-6,12-13,19H,4,7-11H2,1-3H3. The number of rotatable bonds is 9. The second-order valence-corrected chi connectivity index (χ2v) is 8.74. The molecule has 1 saturated heterocycles. The maximum absolute atomic E-state index is 12.4. The SMILES string of the molecule is COc1ccc(S(=O)(=O)NCCC2CCC(=O)N2CCN(C)C)cc1Cl. The number of sulfonamides is 1. The molecule has 1 aromatic carbocycles. The lowest BCUT2D eigenvalue weighted by molar-refractivity contribution is -0.129. The molecule has 0 aliphatic carbocycles. The van der Waals surface area contributed by atoms with E-state index >= 15 is 0 Å². The topological polar surface area (TPSA) is 78.9 Å². The second kappa shape index (κ2) is 9.03. The molecule has 26 heavy (non-hydrogen) atoms. The fourth-order valence-electron chi connectivity index (χ4n) is 2.97. The van der Waals surface area contributed by atoms with Crippen LogP contribution in [-0.4, -0.2) is 71.0 Å². The van der Waals surface area contributed by atoms with E-state index < -0.39 is 10.0 Å². The molecular weight excluding hydrogens is 378 g/mol. The van der Waals surface area contributed by atoms with Crippen molar-refractivity contribution >= 4 is 27.5 Å². The van der Waals surface area contributed by atoms with Gasteiger partial charge >= 0.3 is 0 Å². The minimum absolute atomic E-state index is 0.0737. The third-order valence-electron chi connectivity index (χ3n) is 4.44. The number of hydrogen-bond acceptors (Lipinski definition) is 5. The van der Waals surface area contributed by atoms with Gasteiger partial charge in [-0.2, -0.15) is 0 Å². The number of amides is 1. The van der Waals surface area contributed by atoms with Crippen molar-refractivity contribution in [3.63, 3.8) is 0 Å². The van der Waals surface area contributed by atoms with Gasteiger partial charge in [0.25, 0.3) is 0 Å². The largest absolute Gasteiger partial charge is 0.495 e. The molecule has 0 radical (unpaired) electrons. The third kappa shape index (κ3) is 5.33. The first-order chi connectivity index (χ1) is 12.2. The molecule has 146 valence electrons. The lowest BCUT2D eigenvalue weighted by atomic mass is 10.1. The van der Waals surface area contributed by atoms with Crippen molar-refractivity contribution in [2.75, 3.05) is 40.8 Å². The first-order valence-corrected chi connectivity index (χ1v) is 10.4. The van der Waals surface area contributed by atoms with Crippen molar-refractivity contribution in [1.29, 1.82) is 0 Å². The number of likely N-dealkylation sites (tertiary alicyclic amines) is 1. The van der Waals surface area contributed by atoms with E-state index in [0.717, 1.165) is 13.0 Å². The maximum Gasteiger partial charge on any atom is 0.240 e. The fraction of sp³-hybridized carbons (Fsp3) is 0.588. The highest BCUT2D eigenvalue weighted by molar-refractivity contribution is 7.89. The number of hydrogen-bond donors (Lipinski definition) is 1. The van der Waals surface area contributed by atoms with Gasteiger partial charge in [-0.1, -0.05) is 11.6 Å². The Bertz CT molecular complexity index is 740. The van der Waals surface area contributed by atoms with Crippen LogP contribution in [0.3, 0.4) is 0 Å². The average Bonchev–Trinajstić information content (AvgIpc) is 2.92. The molecular formula is C17H26ClN3O4S. The van der Waals surface area contributed by atoms with Crippen molar-refractivity contribution < 1.29 is 17.9 Å². The van der Waals surface area contributed by atoms with Gasteiger partial charge in [-0.15, -0.1) is 0 Å². The normalized spacial score (nSPS) is 18.0. The Labute approximate surface area is 160 Å². The summed E-state index contributed by atoms with van der Waals surface area (Å²) in [7, 11) is 1.74. The van der Waals surface area contributed by atoms with E-state index in [1.807, 2.05) is 23.9 Å². The van der Waals surface area contributed by atoms with Gasteiger partial charge in [0.2, 0.25) is 15.9 Å². The van der Waals surface area contributed by atoms with Gasteiger partial charge < -0.3 is 14.5 Å². The summed E-state index contributed by atoms with van der Waals surface area (Å²) in [6.45, 7) is 1.72. The number of ether oxygens (including phenoxy) is 1. The molecule has 9 heteroatoms. The van der Waals surface area contributed by atoms with Crippen molar-refractivity contribution in [2.24, 2.45) is 0 Å². The molecule has 1 N–H and O–H groups in total. The van der Waals surface area contributed by atoms with Gasteiger partial charge in [0.05, 0.1) is 17.0 Å². The summed E-state index contributed by atoms with van der Waals surface area (Å²) in [5.41, 5.74) is 0. The van der Waals surface area contributed by atoms with Crippen LogP contribution >= 0.6 is 11.6 Å². The Morgan fingerprint density at radius 3 is 2.73 bits per heavy atom. The molecule has 0 bridgehead atoms. The molecule has 1 unspecified atom stereocenters. The zero-order valence-electron chi connectivity index (χ0n) is 15.4. The van der Waals surface area contributed by atoms with Gasteiger partial charge in [-0.3, -0.25) is 4.79 Å². The number of carbonyl (C=O) groups excluding carboxylic acids is 1. The van der Waals surface area contributed by atoms with Crippen molar-refractivity contribution in [1.82, 2.24) is 14.5 Å². The fourth-order valence-corrected chi connectivity index (χ4v) is 4.36. The van der Waals surface area contributed by atoms with E-state index in [2.05, 4.69) is 4.72 Å². The van der Waals surface area contributed by atoms with Crippen molar-refractivity contribution in [2.45, 2.75) is 30.2 Å². The van der Waals surface area contributed by atoms with Gasteiger partial charge in [-0.05, 0) is 45.1 Å². The molecule has 1 aromatic rings. The van der Waals surface area contributed by atoms with E-state index in [1.54, 1.807) is 0 Å². The minimum atomic E-state index is -3.66. The molecule has 0 aromatic heterocycles. The molecule has 1 atom stereocenters. The first-order valence-electron chi connectivity index (χ1n) is 8.52. The number of benzene rings is 1. The summed E-state index contributed by atoms with van der Waals surface area (Å²) in [4.78, 5) is 16.0. The molecule has 1 amide bonds. The predicted octanol–water partition coefficient (Wildman–Crippen LogP) is 1.57. The third-order valence-corrected chi connectivity index (χ3v) is 6.20.